The van der Waals surface area contributed by atoms with E-state index >= 15 is 0 Å². The molecule has 1 saturated heterocycles. The van der Waals surface area contributed by atoms with Crippen LogP contribution in [0.15, 0.2) is 53.4 Å². The minimum absolute atomic E-state index is 0.0642. The molecule has 40 heavy (non-hydrogen) atoms. The molecule has 2 aromatic carbocycles. The first-order valence-corrected chi connectivity index (χ1v) is 15.4. The lowest BCUT2D eigenvalue weighted by molar-refractivity contribution is -0.144. The standard InChI is InChI=1S/C30H37N3O6S/c1-20-19-39-16-15-33(20)30(36)23-8-11-25(12-9-23)31-40(37,38)26-13-10-24-17-27(32(2)28(24)18-26)22-6-3-21(4-7-22)5-14-29(34)35/h3-4,6-7,10,13,17-18,20,23,25,31H,5,8-9,11-12,14-16,19H2,1-2H3,(H,34,35)/t20-,23-,25-/m0/s1. The van der Waals surface area contributed by atoms with Crippen LogP contribution in [0.25, 0.3) is 22.2 Å². The Hall–Kier alpha value is -3.21. The molecule has 5 rings (SSSR count). The van der Waals surface area contributed by atoms with Crippen molar-refractivity contribution in [2.45, 2.75) is 62.4 Å². The predicted octanol–water partition coefficient (Wildman–Crippen LogP) is 3.95. The summed E-state index contributed by atoms with van der Waals surface area (Å²) in [5.41, 5.74) is 3.68. The normalized spacial score (nSPS) is 21.9. The minimum atomic E-state index is -3.73. The van der Waals surface area contributed by atoms with Gasteiger partial charge in [-0.25, -0.2) is 13.1 Å². The molecule has 2 heterocycles. The van der Waals surface area contributed by atoms with Crippen LogP contribution in [0.1, 0.15) is 44.6 Å². The lowest BCUT2D eigenvalue weighted by Crippen LogP contribution is -2.50. The average molecular weight is 568 g/mol. The van der Waals surface area contributed by atoms with Gasteiger partial charge in [-0.15, -0.1) is 0 Å². The van der Waals surface area contributed by atoms with Crippen LogP contribution in [0.4, 0.5) is 0 Å². The number of nitrogens with zero attached hydrogens (tertiary/aromatic N) is 2. The Labute approximate surface area is 235 Å². The molecule has 2 fully saturated rings. The van der Waals surface area contributed by atoms with Crippen LogP contribution < -0.4 is 4.72 Å². The van der Waals surface area contributed by atoms with E-state index < -0.39 is 16.0 Å². The fourth-order valence-electron chi connectivity index (χ4n) is 5.88. The number of hydrogen-bond donors (Lipinski definition) is 2. The van der Waals surface area contributed by atoms with Crippen LogP contribution >= 0.6 is 0 Å². The molecule has 2 aliphatic rings. The third-order valence-corrected chi connectivity index (χ3v) is 9.77. The third kappa shape index (κ3) is 6.09. The monoisotopic (exact) mass is 567 g/mol. The van der Waals surface area contributed by atoms with Crippen LogP contribution in [0, 0.1) is 5.92 Å². The average Bonchev–Trinajstić information content (AvgIpc) is 3.28. The number of carbonyl (C=O) groups excluding carboxylic acids is 1. The van der Waals surface area contributed by atoms with Gasteiger partial charge < -0.3 is 19.3 Å². The largest absolute Gasteiger partial charge is 0.481 e. The number of benzene rings is 2. The summed E-state index contributed by atoms with van der Waals surface area (Å²) in [6.07, 6.45) is 3.17. The first kappa shape index (κ1) is 28.3. The van der Waals surface area contributed by atoms with Crippen molar-refractivity contribution < 1.29 is 27.9 Å². The fourth-order valence-corrected chi connectivity index (χ4v) is 7.21. The SMILES string of the molecule is C[C@H]1COCCN1C(=O)[C@H]1CC[C@H](NS(=O)(=O)c2ccc3cc(-c4ccc(CCC(=O)O)cc4)n(C)c3c2)CC1. The number of fused-ring (bicyclic) bond motifs is 1. The van der Waals surface area contributed by atoms with Crippen molar-refractivity contribution in [1.29, 1.82) is 0 Å². The Morgan fingerprint density at radius 3 is 2.45 bits per heavy atom. The third-order valence-electron chi connectivity index (χ3n) is 8.25. The van der Waals surface area contributed by atoms with Gasteiger partial charge in [-0.2, -0.15) is 0 Å². The predicted molar refractivity (Wildman–Crippen MR) is 152 cm³/mol. The molecule has 1 aliphatic carbocycles. The number of ether oxygens (including phenoxy) is 1. The molecule has 3 aromatic rings. The van der Waals surface area contributed by atoms with E-state index in [2.05, 4.69) is 4.72 Å². The molecule has 0 spiro atoms. The van der Waals surface area contributed by atoms with Crippen molar-refractivity contribution >= 4 is 32.8 Å². The van der Waals surface area contributed by atoms with E-state index in [-0.39, 0.29) is 35.2 Å². The van der Waals surface area contributed by atoms with E-state index in [1.54, 1.807) is 12.1 Å². The number of morpholine rings is 1. The highest BCUT2D eigenvalue weighted by atomic mass is 32.2. The molecule has 1 saturated carbocycles. The molecule has 1 aromatic heterocycles. The van der Waals surface area contributed by atoms with Gasteiger partial charge in [0.05, 0.1) is 24.2 Å². The van der Waals surface area contributed by atoms with Crippen LogP contribution in [-0.4, -0.2) is 66.7 Å². The number of aryl methyl sites for hydroxylation is 2. The Bertz CT molecular complexity index is 1490. The highest BCUT2D eigenvalue weighted by Gasteiger charge is 2.34. The number of carbonyl (C=O) groups is 2. The second-order valence-corrected chi connectivity index (χ2v) is 12.7. The molecule has 10 heteroatoms. The van der Waals surface area contributed by atoms with Gasteiger partial charge in [-0.1, -0.05) is 30.3 Å². The molecule has 214 valence electrons. The van der Waals surface area contributed by atoms with E-state index in [0.29, 0.717) is 51.9 Å². The molecule has 0 bridgehead atoms. The number of carboxylic acids is 1. The fraction of sp³-hybridized carbons (Fsp3) is 0.467. The van der Waals surface area contributed by atoms with Crippen molar-refractivity contribution in [2.24, 2.45) is 13.0 Å². The zero-order valence-electron chi connectivity index (χ0n) is 23.0. The number of aromatic nitrogens is 1. The zero-order valence-corrected chi connectivity index (χ0v) is 23.8. The number of amides is 1. The molecule has 0 radical (unpaired) electrons. The summed E-state index contributed by atoms with van der Waals surface area (Å²) >= 11 is 0. The second kappa shape index (κ2) is 11.7. The molecule has 1 amide bonds. The number of carboxylic acid groups (broad SMARTS) is 1. The van der Waals surface area contributed by atoms with E-state index in [4.69, 9.17) is 9.84 Å². The zero-order chi connectivity index (χ0) is 28.4. The Balaban J connectivity index is 1.25. The van der Waals surface area contributed by atoms with Crippen molar-refractivity contribution in [1.82, 2.24) is 14.2 Å². The summed E-state index contributed by atoms with van der Waals surface area (Å²) in [5, 5.41) is 9.84. The van der Waals surface area contributed by atoms with Crippen LogP contribution in [0.3, 0.4) is 0 Å². The maximum absolute atomic E-state index is 13.3. The Morgan fingerprint density at radius 2 is 1.77 bits per heavy atom. The van der Waals surface area contributed by atoms with Gasteiger partial charge in [0.15, 0.2) is 0 Å². The smallest absolute Gasteiger partial charge is 0.303 e. The molecule has 1 atom stereocenters. The van der Waals surface area contributed by atoms with Gasteiger partial charge >= 0.3 is 5.97 Å². The first-order chi connectivity index (χ1) is 19.1. The van der Waals surface area contributed by atoms with E-state index in [9.17, 15) is 18.0 Å². The number of aliphatic carboxylic acids is 1. The molecule has 0 unspecified atom stereocenters. The lowest BCUT2D eigenvalue weighted by atomic mass is 9.85. The van der Waals surface area contributed by atoms with Gasteiger partial charge in [-0.05, 0) is 68.4 Å². The summed E-state index contributed by atoms with van der Waals surface area (Å²) < 4.78 is 37.0. The van der Waals surface area contributed by atoms with Crippen molar-refractivity contribution in [3.05, 3.63) is 54.1 Å². The van der Waals surface area contributed by atoms with Crippen LogP contribution in [0.2, 0.25) is 0 Å². The molecule has 2 N–H and O–H groups in total. The summed E-state index contributed by atoms with van der Waals surface area (Å²) in [5.74, 6) is -0.720. The molecule has 9 nitrogen and oxygen atoms in total. The minimum Gasteiger partial charge on any atom is -0.481 e. The summed E-state index contributed by atoms with van der Waals surface area (Å²) in [6, 6.07) is 14.9. The molecular formula is C30H37N3O6S. The van der Waals surface area contributed by atoms with Gasteiger partial charge in [-0.3, -0.25) is 9.59 Å². The van der Waals surface area contributed by atoms with E-state index in [1.165, 1.54) is 0 Å². The second-order valence-electron chi connectivity index (χ2n) is 11.0. The molecule has 1 aliphatic heterocycles. The summed E-state index contributed by atoms with van der Waals surface area (Å²) in [6.45, 7) is 3.76. The van der Waals surface area contributed by atoms with Crippen molar-refractivity contribution in [3.8, 4) is 11.3 Å². The maximum Gasteiger partial charge on any atom is 0.303 e. The highest BCUT2D eigenvalue weighted by Crippen LogP contribution is 2.31. The topological polar surface area (TPSA) is 118 Å². The number of nitrogens with one attached hydrogen (secondary N) is 1. The first-order valence-electron chi connectivity index (χ1n) is 13.9. The lowest BCUT2D eigenvalue weighted by Gasteiger charge is -2.37. The highest BCUT2D eigenvalue weighted by molar-refractivity contribution is 7.89. The van der Waals surface area contributed by atoms with Crippen molar-refractivity contribution in [2.75, 3.05) is 19.8 Å². The molecular weight excluding hydrogens is 530 g/mol. The van der Waals surface area contributed by atoms with Crippen LogP contribution in [0.5, 0.6) is 0 Å². The van der Waals surface area contributed by atoms with Gasteiger partial charge in [0.2, 0.25) is 15.9 Å². The van der Waals surface area contributed by atoms with Crippen molar-refractivity contribution in [3.63, 3.8) is 0 Å². The van der Waals surface area contributed by atoms with Gasteiger partial charge in [0.1, 0.15) is 0 Å². The van der Waals surface area contributed by atoms with Gasteiger partial charge in [0, 0.05) is 48.6 Å². The number of hydrogen-bond acceptors (Lipinski definition) is 5. The van der Waals surface area contributed by atoms with E-state index in [1.807, 2.05) is 59.8 Å². The number of sulfonamides is 1. The Kier molecular flexibility index (Phi) is 8.30. The maximum atomic E-state index is 13.3. The number of rotatable bonds is 8. The Morgan fingerprint density at radius 1 is 1.05 bits per heavy atom. The van der Waals surface area contributed by atoms with Crippen LogP contribution in [-0.2, 0) is 37.8 Å². The summed E-state index contributed by atoms with van der Waals surface area (Å²) in [4.78, 5) is 26.0. The quantitative estimate of drug-likeness (QED) is 0.426. The van der Waals surface area contributed by atoms with E-state index in [0.717, 1.165) is 27.7 Å². The van der Waals surface area contributed by atoms with Gasteiger partial charge in [0.25, 0.3) is 0 Å². The summed E-state index contributed by atoms with van der Waals surface area (Å²) in [7, 11) is -1.82.